The molecule has 2 amide bonds. The van der Waals surface area contributed by atoms with Crippen molar-refractivity contribution in [2.45, 2.75) is 51.5 Å². The Morgan fingerprint density at radius 1 is 1.11 bits per heavy atom. The summed E-state index contributed by atoms with van der Waals surface area (Å²) in [5.74, 6) is 0.672. The van der Waals surface area contributed by atoms with Crippen LogP contribution in [0, 0.1) is 17.3 Å². The maximum Gasteiger partial charge on any atom is 0.227 e. The fourth-order valence-corrected chi connectivity index (χ4v) is 4.70. The molecule has 0 aromatic heterocycles. The first-order valence-corrected chi connectivity index (χ1v) is 10.0. The van der Waals surface area contributed by atoms with Crippen LogP contribution in [0.25, 0.3) is 0 Å². The number of anilines is 1. The Morgan fingerprint density at radius 3 is 2.59 bits per heavy atom. The quantitative estimate of drug-likeness (QED) is 0.721. The van der Waals surface area contributed by atoms with E-state index in [9.17, 15) is 9.59 Å². The second-order valence-corrected chi connectivity index (χ2v) is 8.26. The second kappa shape index (κ2) is 8.61. The highest BCUT2D eigenvalue weighted by molar-refractivity contribution is 5.92. The van der Waals surface area contributed by atoms with Crippen LogP contribution in [-0.2, 0) is 16.1 Å². The van der Waals surface area contributed by atoms with E-state index in [1.807, 2.05) is 24.3 Å². The molecule has 0 radical (unpaired) electrons. The first kappa shape index (κ1) is 20.2. The monoisotopic (exact) mass is 391 g/mol. The summed E-state index contributed by atoms with van der Waals surface area (Å²) in [6, 6.07) is 7.83. The van der Waals surface area contributed by atoms with Crippen molar-refractivity contribution in [1.29, 1.82) is 0 Å². The average molecular weight is 392 g/mol. The SMILES string of the molecule is Cl.O=C(Nc1cccc(CNC(=O)C2CC23CCNCC3)c1)C1CCCC1. The first-order chi connectivity index (χ1) is 12.7. The van der Waals surface area contributed by atoms with E-state index in [2.05, 4.69) is 16.0 Å². The molecule has 4 rings (SSSR count). The third-order valence-electron chi connectivity index (χ3n) is 6.49. The summed E-state index contributed by atoms with van der Waals surface area (Å²) in [7, 11) is 0. The zero-order chi connectivity index (χ0) is 18.0. The molecule has 1 spiro atoms. The molecule has 1 saturated heterocycles. The van der Waals surface area contributed by atoms with Gasteiger partial charge in [-0.05, 0) is 68.3 Å². The highest BCUT2D eigenvalue weighted by atomic mass is 35.5. The third-order valence-corrected chi connectivity index (χ3v) is 6.49. The number of carbonyl (C=O) groups excluding carboxylic acids is 2. The summed E-state index contributed by atoms with van der Waals surface area (Å²) in [6.45, 7) is 2.59. The number of piperidine rings is 1. The van der Waals surface area contributed by atoms with Crippen molar-refractivity contribution in [3.8, 4) is 0 Å². The Bertz CT molecular complexity index is 682. The second-order valence-electron chi connectivity index (χ2n) is 8.26. The lowest BCUT2D eigenvalue weighted by Gasteiger charge is -2.23. The van der Waals surface area contributed by atoms with E-state index in [0.717, 1.165) is 69.3 Å². The summed E-state index contributed by atoms with van der Waals surface area (Å²) >= 11 is 0. The minimum atomic E-state index is 0. The molecule has 1 atom stereocenters. The van der Waals surface area contributed by atoms with Crippen LogP contribution >= 0.6 is 12.4 Å². The van der Waals surface area contributed by atoms with E-state index < -0.39 is 0 Å². The van der Waals surface area contributed by atoms with Gasteiger partial charge in [-0.3, -0.25) is 9.59 Å². The van der Waals surface area contributed by atoms with Crippen LogP contribution in [0.3, 0.4) is 0 Å². The van der Waals surface area contributed by atoms with E-state index in [1.165, 1.54) is 0 Å². The largest absolute Gasteiger partial charge is 0.352 e. The maximum atomic E-state index is 12.5. The van der Waals surface area contributed by atoms with Gasteiger partial charge in [-0.2, -0.15) is 0 Å². The van der Waals surface area contributed by atoms with Gasteiger partial charge < -0.3 is 16.0 Å². The van der Waals surface area contributed by atoms with Crippen LogP contribution in [0.4, 0.5) is 5.69 Å². The van der Waals surface area contributed by atoms with Gasteiger partial charge in [0.05, 0.1) is 0 Å². The van der Waals surface area contributed by atoms with Crippen molar-refractivity contribution in [2.24, 2.45) is 17.3 Å². The van der Waals surface area contributed by atoms with E-state index in [1.54, 1.807) is 0 Å². The number of carbonyl (C=O) groups is 2. The van der Waals surface area contributed by atoms with Gasteiger partial charge in [0.2, 0.25) is 11.8 Å². The number of hydrogen-bond donors (Lipinski definition) is 3. The molecular formula is C21H30ClN3O2. The van der Waals surface area contributed by atoms with Crippen molar-refractivity contribution in [3.63, 3.8) is 0 Å². The van der Waals surface area contributed by atoms with E-state index in [-0.39, 0.29) is 41.5 Å². The molecule has 1 aromatic carbocycles. The predicted octanol–water partition coefficient (Wildman–Crippen LogP) is 3.24. The van der Waals surface area contributed by atoms with Gasteiger partial charge in [-0.25, -0.2) is 0 Å². The molecular weight excluding hydrogens is 362 g/mol. The molecule has 27 heavy (non-hydrogen) atoms. The highest BCUT2D eigenvalue weighted by Crippen LogP contribution is 2.58. The minimum Gasteiger partial charge on any atom is -0.352 e. The summed E-state index contributed by atoms with van der Waals surface area (Å²) < 4.78 is 0. The minimum absolute atomic E-state index is 0. The molecule has 5 nitrogen and oxygen atoms in total. The Hall–Kier alpha value is -1.59. The molecule has 2 saturated carbocycles. The fraction of sp³-hybridized carbons (Fsp3) is 0.619. The number of halogens is 1. The van der Waals surface area contributed by atoms with Crippen LogP contribution < -0.4 is 16.0 Å². The molecule has 6 heteroatoms. The predicted molar refractivity (Wildman–Crippen MR) is 109 cm³/mol. The van der Waals surface area contributed by atoms with Gasteiger partial charge in [0.25, 0.3) is 0 Å². The highest BCUT2D eigenvalue weighted by Gasteiger charge is 2.57. The van der Waals surface area contributed by atoms with Crippen molar-refractivity contribution in [3.05, 3.63) is 29.8 Å². The Kier molecular flexibility index (Phi) is 6.43. The zero-order valence-electron chi connectivity index (χ0n) is 15.8. The number of amides is 2. The van der Waals surface area contributed by atoms with Crippen molar-refractivity contribution < 1.29 is 9.59 Å². The Labute approximate surface area is 167 Å². The summed E-state index contributed by atoms with van der Waals surface area (Å²) in [5.41, 5.74) is 2.13. The molecule has 148 valence electrons. The molecule has 3 fully saturated rings. The summed E-state index contributed by atoms with van der Waals surface area (Å²) in [4.78, 5) is 24.8. The third kappa shape index (κ3) is 4.64. The van der Waals surface area contributed by atoms with Gasteiger partial charge >= 0.3 is 0 Å². The van der Waals surface area contributed by atoms with Gasteiger partial charge in [-0.1, -0.05) is 25.0 Å². The maximum absolute atomic E-state index is 12.5. The normalized spacial score (nSPS) is 23.5. The molecule has 0 bridgehead atoms. The van der Waals surface area contributed by atoms with Crippen LogP contribution in [0.5, 0.6) is 0 Å². The zero-order valence-corrected chi connectivity index (χ0v) is 16.6. The fourth-order valence-electron chi connectivity index (χ4n) is 4.70. The molecule has 2 aliphatic carbocycles. The molecule has 1 aromatic rings. The lowest BCUT2D eigenvalue weighted by Crippen LogP contribution is -2.33. The van der Waals surface area contributed by atoms with E-state index >= 15 is 0 Å². The standard InChI is InChI=1S/C21H29N3O2.ClH/c25-19(16-5-1-2-6-16)24-17-7-3-4-15(12-17)14-23-20(26)18-13-21(18)8-10-22-11-9-21;/h3-4,7,12,16,18,22H,1-2,5-6,8-11,13-14H2,(H,23,26)(H,24,25);1H. The van der Waals surface area contributed by atoms with Crippen LogP contribution in [-0.4, -0.2) is 24.9 Å². The van der Waals surface area contributed by atoms with Crippen molar-refractivity contribution >= 4 is 29.9 Å². The van der Waals surface area contributed by atoms with E-state index in [4.69, 9.17) is 0 Å². The first-order valence-electron chi connectivity index (χ1n) is 10.0. The molecule has 3 aliphatic rings. The molecule has 1 aliphatic heterocycles. The number of nitrogens with one attached hydrogen (secondary N) is 3. The Morgan fingerprint density at radius 2 is 1.85 bits per heavy atom. The lowest BCUT2D eigenvalue weighted by atomic mass is 9.92. The van der Waals surface area contributed by atoms with Gasteiger partial charge in [0.1, 0.15) is 0 Å². The summed E-state index contributed by atoms with van der Waals surface area (Å²) in [5, 5.41) is 9.50. The molecule has 1 heterocycles. The van der Waals surface area contributed by atoms with Gasteiger partial charge in [0.15, 0.2) is 0 Å². The van der Waals surface area contributed by atoms with Crippen LogP contribution in [0.1, 0.15) is 50.5 Å². The van der Waals surface area contributed by atoms with Crippen molar-refractivity contribution in [2.75, 3.05) is 18.4 Å². The van der Waals surface area contributed by atoms with Gasteiger partial charge in [0, 0.05) is 24.1 Å². The van der Waals surface area contributed by atoms with E-state index in [0.29, 0.717) is 6.54 Å². The molecule has 1 unspecified atom stereocenters. The van der Waals surface area contributed by atoms with Crippen LogP contribution in [0.15, 0.2) is 24.3 Å². The topological polar surface area (TPSA) is 70.2 Å². The Balaban J connectivity index is 0.00000210. The number of benzene rings is 1. The molecule has 3 N–H and O–H groups in total. The smallest absolute Gasteiger partial charge is 0.227 e. The lowest BCUT2D eigenvalue weighted by molar-refractivity contribution is -0.123. The van der Waals surface area contributed by atoms with Crippen molar-refractivity contribution in [1.82, 2.24) is 10.6 Å². The average Bonchev–Trinajstić information content (AvgIpc) is 3.09. The van der Waals surface area contributed by atoms with Gasteiger partial charge in [-0.15, -0.1) is 12.4 Å². The number of rotatable bonds is 5. The van der Waals surface area contributed by atoms with Crippen LogP contribution in [0.2, 0.25) is 0 Å². The summed E-state index contributed by atoms with van der Waals surface area (Å²) in [6.07, 6.45) is 7.59. The number of hydrogen-bond acceptors (Lipinski definition) is 3.